The number of carbonyl (C=O) groups is 1. The van der Waals surface area contributed by atoms with Crippen LogP contribution in [0.5, 0.6) is 0 Å². The first kappa shape index (κ1) is 14.0. The van der Waals surface area contributed by atoms with Crippen molar-refractivity contribution in [1.29, 1.82) is 0 Å². The van der Waals surface area contributed by atoms with E-state index in [1.165, 1.54) is 17.7 Å². The minimum Gasteiger partial charge on any atom is -0.381 e. The van der Waals surface area contributed by atoms with Crippen LogP contribution in [0.2, 0.25) is 0 Å². The molecule has 1 N–H and O–H groups in total. The van der Waals surface area contributed by atoms with Gasteiger partial charge in [0.1, 0.15) is 0 Å². The van der Waals surface area contributed by atoms with Crippen LogP contribution in [0.1, 0.15) is 30.6 Å². The molecule has 0 radical (unpaired) electrons. The van der Waals surface area contributed by atoms with Gasteiger partial charge in [-0.2, -0.15) is 0 Å². The first-order valence-corrected chi connectivity index (χ1v) is 8.22. The molecule has 0 saturated carbocycles. The Morgan fingerprint density at radius 3 is 2.80 bits per heavy atom. The van der Waals surface area contributed by atoms with E-state index in [1.807, 2.05) is 11.4 Å². The molecule has 2 aliphatic heterocycles. The van der Waals surface area contributed by atoms with Crippen LogP contribution >= 0.6 is 11.3 Å². The number of methoxy groups -OCH3 is 1. The third-order valence-electron chi connectivity index (χ3n) is 4.54. The second-order valence-electron chi connectivity index (χ2n) is 5.74. The number of thiophene rings is 1. The van der Waals surface area contributed by atoms with Crippen LogP contribution in [-0.2, 0) is 16.1 Å². The standard InChI is InChI=1S/C15H22N2O2S/c1-19-13-7-11-4-5-12(8-13)17(11)10-15(18)16-9-14-3-2-6-20-14/h2-3,6,11-13H,4-5,7-10H2,1H3,(H,16,18)/t11-,12+,13?. The maximum atomic E-state index is 12.1. The molecule has 0 spiro atoms. The van der Waals surface area contributed by atoms with Gasteiger partial charge in [-0.05, 0) is 37.1 Å². The van der Waals surface area contributed by atoms with Gasteiger partial charge < -0.3 is 10.1 Å². The minimum absolute atomic E-state index is 0.145. The number of fused-ring (bicyclic) bond motifs is 2. The van der Waals surface area contributed by atoms with Gasteiger partial charge in [-0.15, -0.1) is 11.3 Å². The normalized spacial score (nSPS) is 29.6. The molecule has 2 saturated heterocycles. The molecule has 2 aliphatic rings. The third kappa shape index (κ3) is 3.05. The maximum absolute atomic E-state index is 12.1. The highest BCUT2D eigenvalue weighted by Crippen LogP contribution is 2.36. The second kappa shape index (κ2) is 6.24. The predicted octanol–water partition coefficient (Wildman–Crippen LogP) is 2.01. The Balaban J connectivity index is 1.49. The van der Waals surface area contributed by atoms with Gasteiger partial charge in [0.2, 0.25) is 5.91 Å². The molecular weight excluding hydrogens is 272 g/mol. The summed E-state index contributed by atoms with van der Waals surface area (Å²) >= 11 is 1.68. The van der Waals surface area contributed by atoms with E-state index in [0.717, 1.165) is 12.8 Å². The highest BCUT2D eigenvalue weighted by Gasteiger charge is 2.41. The van der Waals surface area contributed by atoms with Gasteiger partial charge in [0.05, 0.1) is 19.2 Å². The number of amides is 1. The molecule has 4 nitrogen and oxygen atoms in total. The van der Waals surface area contributed by atoms with E-state index in [9.17, 15) is 4.79 Å². The molecule has 2 fully saturated rings. The maximum Gasteiger partial charge on any atom is 0.234 e. The third-order valence-corrected chi connectivity index (χ3v) is 5.42. The zero-order valence-corrected chi connectivity index (χ0v) is 12.7. The fourth-order valence-corrected chi connectivity index (χ4v) is 4.14. The highest BCUT2D eigenvalue weighted by atomic mass is 32.1. The van der Waals surface area contributed by atoms with E-state index < -0.39 is 0 Å². The summed E-state index contributed by atoms with van der Waals surface area (Å²) < 4.78 is 5.50. The summed E-state index contributed by atoms with van der Waals surface area (Å²) in [5.74, 6) is 0.145. The first-order chi connectivity index (χ1) is 9.76. The molecule has 0 aromatic carbocycles. The van der Waals surface area contributed by atoms with Crippen molar-refractivity contribution in [1.82, 2.24) is 10.2 Å². The number of nitrogens with zero attached hydrogens (tertiary/aromatic N) is 1. The minimum atomic E-state index is 0.145. The lowest BCUT2D eigenvalue weighted by Gasteiger charge is -2.37. The Morgan fingerprint density at radius 1 is 1.45 bits per heavy atom. The summed E-state index contributed by atoms with van der Waals surface area (Å²) in [5, 5.41) is 5.06. The van der Waals surface area contributed by atoms with Crippen LogP contribution in [-0.4, -0.2) is 42.6 Å². The molecule has 110 valence electrons. The van der Waals surface area contributed by atoms with Crippen molar-refractivity contribution in [2.45, 2.75) is 50.4 Å². The summed E-state index contributed by atoms with van der Waals surface area (Å²) in [6.45, 7) is 1.19. The van der Waals surface area contributed by atoms with Gasteiger partial charge in [0, 0.05) is 24.1 Å². The first-order valence-electron chi connectivity index (χ1n) is 7.34. The van der Waals surface area contributed by atoms with Crippen LogP contribution in [0.4, 0.5) is 0 Å². The topological polar surface area (TPSA) is 41.6 Å². The van der Waals surface area contributed by atoms with Crippen molar-refractivity contribution in [2.24, 2.45) is 0 Å². The summed E-state index contributed by atoms with van der Waals surface area (Å²) in [4.78, 5) is 15.7. The molecule has 3 heterocycles. The lowest BCUT2D eigenvalue weighted by molar-refractivity contribution is -0.124. The molecule has 1 amide bonds. The van der Waals surface area contributed by atoms with Crippen molar-refractivity contribution in [3.8, 4) is 0 Å². The Morgan fingerprint density at radius 2 is 2.20 bits per heavy atom. The largest absolute Gasteiger partial charge is 0.381 e. The second-order valence-corrected chi connectivity index (χ2v) is 6.77. The molecule has 1 unspecified atom stereocenters. The Labute approximate surface area is 124 Å². The summed E-state index contributed by atoms with van der Waals surface area (Å²) in [6.07, 6.45) is 4.96. The highest BCUT2D eigenvalue weighted by molar-refractivity contribution is 7.09. The van der Waals surface area contributed by atoms with Crippen LogP contribution in [0.3, 0.4) is 0 Å². The molecule has 1 aromatic rings. The van der Waals surface area contributed by atoms with E-state index in [0.29, 0.717) is 31.3 Å². The summed E-state index contributed by atoms with van der Waals surface area (Å²) in [5.41, 5.74) is 0. The quantitative estimate of drug-likeness (QED) is 0.903. The fourth-order valence-electron chi connectivity index (χ4n) is 3.50. The van der Waals surface area contributed by atoms with E-state index >= 15 is 0 Å². The SMILES string of the molecule is COC1C[C@H]2CC[C@@H](C1)N2CC(=O)NCc1cccs1. The Hall–Kier alpha value is -0.910. The molecule has 2 bridgehead atoms. The van der Waals surface area contributed by atoms with Crippen LogP contribution < -0.4 is 5.32 Å². The van der Waals surface area contributed by atoms with Crippen molar-refractivity contribution in [3.05, 3.63) is 22.4 Å². The molecular formula is C15H22N2O2S. The number of rotatable bonds is 5. The van der Waals surface area contributed by atoms with Crippen LogP contribution in [0.25, 0.3) is 0 Å². The van der Waals surface area contributed by atoms with Gasteiger partial charge in [0.15, 0.2) is 0 Å². The average molecular weight is 294 g/mol. The van der Waals surface area contributed by atoms with Crippen LogP contribution in [0.15, 0.2) is 17.5 Å². The summed E-state index contributed by atoms with van der Waals surface area (Å²) in [6, 6.07) is 5.14. The monoisotopic (exact) mass is 294 g/mol. The average Bonchev–Trinajstić information content (AvgIpc) is 3.03. The zero-order chi connectivity index (χ0) is 13.9. The molecule has 20 heavy (non-hydrogen) atoms. The zero-order valence-electron chi connectivity index (χ0n) is 11.9. The number of hydrogen-bond acceptors (Lipinski definition) is 4. The Kier molecular flexibility index (Phi) is 4.38. The van der Waals surface area contributed by atoms with Crippen molar-refractivity contribution in [2.75, 3.05) is 13.7 Å². The van der Waals surface area contributed by atoms with Gasteiger partial charge in [-0.3, -0.25) is 9.69 Å². The van der Waals surface area contributed by atoms with Crippen molar-refractivity contribution < 1.29 is 9.53 Å². The van der Waals surface area contributed by atoms with E-state index in [4.69, 9.17) is 4.74 Å². The van der Waals surface area contributed by atoms with E-state index in [-0.39, 0.29) is 5.91 Å². The number of ether oxygens (including phenoxy) is 1. The molecule has 1 aromatic heterocycles. The predicted molar refractivity (Wildman–Crippen MR) is 79.7 cm³/mol. The number of nitrogens with one attached hydrogen (secondary N) is 1. The lowest BCUT2D eigenvalue weighted by atomic mass is 10.00. The van der Waals surface area contributed by atoms with E-state index in [1.54, 1.807) is 18.4 Å². The van der Waals surface area contributed by atoms with Crippen molar-refractivity contribution in [3.63, 3.8) is 0 Å². The van der Waals surface area contributed by atoms with Crippen molar-refractivity contribution >= 4 is 17.2 Å². The number of piperidine rings is 1. The van der Waals surface area contributed by atoms with Gasteiger partial charge in [-0.25, -0.2) is 0 Å². The molecule has 3 atom stereocenters. The van der Waals surface area contributed by atoms with Gasteiger partial charge in [-0.1, -0.05) is 6.07 Å². The lowest BCUT2D eigenvalue weighted by Crippen LogP contribution is -2.49. The van der Waals surface area contributed by atoms with E-state index in [2.05, 4.69) is 16.3 Å². The Bertz CT molecular complexity index is 435. The van der Waals surface area contributed by atoms with Crippen LogP contribution in [0, 0.1) is 0 Å². The molecule has 0 aliphatic carbocycles. The fraction of sp³-hybridized carbons (Fsp3) is 0.667. The number of carbonyl (C=O) groups excluding carboxylic acids is 1. The summed E-state index contributed by atoms with van der Waals surface area (Å²) in [7, 11) is 1.80. The van der Waals surface area contributed by atoms with Gasteiger partial charge >= 0.3 is 0 Å². The molecule has 5 heteroatoms. The van der Waals surface area contributed by atoms with Gasteiger partial charge in [0.25, 0.3) is 0 Å². The smallest absolute Gasteiger partial charge is 0.234 e. The number of hydrogen-bond donors (Lipinski definition) is 1. The molecule has 3 rings (SSSR count).